The molecule has 0 aliphatic heterocycles. The van der Waals surface area contributed by atoms with E-state index in [4.69, 9.17) is 0 Å². The van der Waals surface area contributed by atoms with Gasteiger partial charge in [0.15, 0.2) is 5.69 Å². The predicted octanol–water partition coefficient (Wildman–Crippen LogP) is 5.16. The van der Waals surface area contributed by atoms with Crippen LogP contribution in [0.1, 0.15) is 12.5 Å². The molecule has 6 nitrogen and oxygen atoms in total. The fraction of sp³-hybridized carbons (Fsp3) is 0.211. The van der Waals surface area contributed by atoms with Gasteiger partial charge in [0.1, 0.15) is 0 Å². The number of aryl methyl sites for hydroxylation is 2. The van der Waals surface area contributed by atoms with Gasteiger partial charge in [0.2, 0.25) is 5.88 Å². The van der Waals surface area contributed by atoms with Gasteiger partial charge in [0, 0.05) is 22.1 Å². The van der Waals surface area contributed by atoms with Gasteiger partial charge in [-0.25, -0.2) is 0 Å². The first-order valence-electron chi connectivity index (χ1n) is 8.25. The van der Waals surface area contributed by atoms with E-state index in [-0.39, 0.29) is 12.4 Å². The van der Waals surface area contributed by atoms with Crippen molar-refractivity contribution in [1.82, 2.24) is 4.57 Å². The van der Waals surface area contributed by atoms with Crippen molar-refractivity contribution in [3.05, 3.63) is 52.5 Å². The quantitative estimate of drug-likeness (QED) is 0.565. The van der Waals surface area contributed by atoms with Gasteiger partial charge in [-0.05, 0) is 44.2 Å². The van der Waals surface area contributed by atoms with Gasteiger partial charge in [0.05, 0.1) is 12.1 Å². The molecule has 2 N–H and O–H groups in total. The summed E-state index contributed by atoms with van der Waals surface area (Å²) in [6.45, 7) is 4.55. The van der Waals surface area contributed by atoms with Gasteiger partial charge < -0.3 is 15.0 Å². The van der Waals surface area contributed by atoms with E-state index in [1.807, 2.05) is 56.3 Å². The highest BCUT2D eigenvalue weighted by Gasteiger charge is 2.16. The third-order valence-electron chi connectivity index (χ3n) is 4.05. The number of azo groups is 1. The van der Waals surface area contributed by atoms with E-state index in [0.717, 1.165) is 26.6 Å². The second-order valence-corrected chi connectivity index (χ2v) is 6.81. The van der Waals surface area contributed by atoms with E-state index in [2.05, 4.69) is 31.5 Å². The molecule has 0 atom stereocenters. The van der Waals surface area contributed by atoms with Crippen LogP contribution < -0.4 is 5.32 Å². The van der Waals surface area contributed by atoms with Crippen molar-refractivity contribution in [3.8, 4) is 5.88 Å². The van der Waals surface area contributed by atoms with Crippen molar-refractivity contribution in [2.75, 3.05) is 11.9 Å². The van der Waals surface area contributed by atoms with E-state index in [1.54, 1.807) is 4.57 Å². The number of hydrogen-bond donors (Lipinski definition) is 2. The number of carbonyl (C=O) groups excluding carboxylic acids is 1. The molecule has 3 aromatic rings. The fourth-order valence-corrected chi connectivity index (χ4v) is 3.07. The molecule has 1 aromatic heterocycles. The number of nitrogens with one attached hydrogen (secondary N) is 1. The highest BCUT2D eigenvalue weighted by atomic mass is 79.9. The minimum atomic E-state index is -0.419. The van der Waals surface area contributed by atoms with Crippen LogP contribution in [0.15, 0.2) is 57.2 Å². The average molecular weight is 415 g/mol. The summed E-state index contributed by atoms with van der Waals surface area (Å²) in [7, 11) is 0. The van der Waals surface area contributed by atoms with Crippen molar-refractivity contribution in [3.63, 3.8) is 0 Å². The lowest BCUT2D eigenvalue weighted by Crippen LogP contribution is -2.10. The Balaban J connectivity index is 1.79. The van der Waals surface area contributed by atoms with E-state index >= 15 is 0 Å². The molecule has 3 rings (SSSR count). The summed E-state index contributed by atoms with van der Waals surface area (Å²) in [5.41, 5.74) is 3.13. The van der Waals surface area contributed by atoms with Crippen LogP contribution >= 0.6 is 15.9 Å². The maximum absolute atomic E-state index is 12.0. The third-order valence-corrected chi connectivity index (χ3v) is 4.54. The fourth-order valence-electron chi connectivity index (χ4n) is 2.70. The summed E-state index contributed by atoms with van der Waals surface area (Å²) < 4.78 is 2.59. The Morgan fingerprint density at radius 2 is 1.96 bits per heavy atom. The number of benzene rings is 2. The van der Waals surface area contributed by atoms with Gasteiger partial charge in [-0.15, -0.1) is 10.2 Å². The Morgan fingerprint density at radius 3 is 2.65 bits per heavy atom. The zero-order valence-corrected chi connectivity index (χ0v) is 16.1. The summed E-state index contributed by atoms with van der Waals surface area (Å²) >= 11 is 3.42. The van der Waals surface area contributed by atoms with E-state index in [1.165, 1.54) is 0 Å². The van der Waals surface area contributed by atoms with Crippen molar-refractivity contribution < 1.29 is 9.90 Å². The molecule has 1 heterocycles. The van der Waals surface area contributed by atoms with Crippen molar-refractivity contribution >= 4 is 44.1 Å². The van der Waals surface area contributed by atoms with E-state index in [0.29, 0.717) is 12.2 Å². The number of aromatic nitrogens is 1. The van der Waals surface area contributed by atoms with Crippen LogP contribution in [0.25, 0.3) is 10.9 Å². The minimum Gasteiger partial charge on any atom is -0.493 e. The average Bonchev–Trinajstić information content (AvgIpc) is 2.89. The van der Waals surface area contributed by atoms with Crippen LogP contribution in [-0.2, 0) is 11.3 Å². The largest absolute Gasteiger partial charge is 0.493 e. The smallest absolute Gasteiger partial charge is 0.283 e. The molecule has 0 bridgehead atoms. The van der Waals surface area contributed by atoms with Crippen LogP contribution in [0.4, 0.5) is 11.4 Å². The Hall–Kier alpha value is -2.67. The number of hydrogen-bond acceptors (Lipinski definition) is 4. The number of rotatable bonds is 5. The maximum Gasteiger partial charge on any atom is 0.283 e. The third kappa shape index (κ3) is 3.77. The first-order chi connectivity index (χ1) is 12.5. The molecule has 0 fully saturated rings. The van der Waals surface area contributed by atoms with Crippen LogP contribution in [0.3, 0.4) is 0 Å². The molecule has 0 aliphatic carbocycles. The zero-order valence-electron chi connectivity index (χ0n) is 14.5. The molecule has 2 aromatic carbocycles. The van der Waals surface area contributed by atoms with Crippen LogP contribution in [0.5, 0.6) is 5.88 Å². The van der Waals surface area contributed by atoms with Gasteiger partial charge >= 0.3 is 0 Å². The van der Waals surface area contributed by atoms with Crippen LogP contribution in [0, 0.1) is 6.92 Å². The van der Waals surface area contributed by atoms with Crippen molar-refractivity contribution in [2.24, 2.45) is 10.2 Å². The van der Waals surface area contributed by atoms with E-state index < -0.39 is 5.91 Å². The van der Waals surface area contributed by atoms with Gasteiger partial charge in [-0.2, -0.15) is 0 Å². The first kappa shape index (κ1) is 18.1. The normalized spacial score (nSPS) is 11.3. The zero-order chi connectivity index (χ0) is 18.7. The van der Waals surface area contributed by atoms with Gasteiger partial charge in [-0.3, -0.25) is 4.79 Å². The Bertz CT molecular complexity index is 977. The molecule has 0 aliphatic rings. The molecule has 0 radical (unpaired) electrons. The highest BCUT2D eigenvalue weighted by molar-refractivity contribution is 9.10. The van der Waals surface area contributed by atoms with Gasteiger partial charge in [-0.1, -0.05) is 33.6 Å². The molecule has 134 valence electrons. The monoisotopic (exact) mass is 414 g/mol. The number of anilines is 1. The molecule has 7 heteroatoms. The van der Waals surface area contributed by atoms with Crippen molar-refractivity contribution in [2.45, 2.75) is 20.4 Å². The number of aromatic hydroxyl groups is 1. The molecule has 0 unspecified atom stereocenters. The SMILES string of the molecule is CCn1c(O)c(N=NC(=O)CNc2ccc(C)cc2)c2cc(Br)ccc21. The lowest BCUT2D eigenvalue weighted by Gasteiger charge is -2.03. The standard InChI is InChI=1S/C19H19BrN4O2/c1-3-24-16-9-6-13(20)10-15(16)18(19(24)26)23-22-17(25)11-21-14-7-4-12(2)5-8-14/h4-10,21,26H,3,11H2,1-2H3. The molecule has 0 saturated heterocycles. The molecule has 0 saturated carbocycles. The second-order valence-electron chi connectivity index (χ2n) is 5.89. The first-order valence-corrected chi connectivity index (χ1v) is 9.04. The number of nitrogens with zero attached hydrogens (tertiary/aromatic N) is 3. The highest BCUT2D eigenvalue weighted by Crippen LogP contribution is 2.39. The minimum absolute atomic E-state index is 0.00337. The molecular weight excluding hydrogens is 396 g/mol. The summed E-state index contributed by atoms with van der Waals surface area (Å²) in [4.78, 5) is 12.0. The second kappa shape index (κ2) is 7.70. The topological polar surface area (TPSA) is 79.0 Å². The Kier molecular flexibility index (Phi) is 5.37. The van der Waals surface area contributed by atoms with Crippen LogP contribution in [0.2, 0.25) is 0 Å². The number of fused-ring (bicyclic) bond motifs is 1. The number of amides is 1. The van der Waals surface area contributed by atoms with Gasteiger partial charge in [0.25, 0.3) is 5.91 Å². The summed E-state index contributed by atoms with van der Waals surface area (Å²) in [6.07, 6.45) is 0. The maximum atomic E-state index is 12.0. The lowest BCUT2D eigenvalue weighted by molar-refractivity contribution is -0.116. The molecule has 0 spiro atoms. The van der Waals surface area contributed by atoms with Crippen LogP contribution in [-0.4, -0.2) is 22.1 Å². The van der Waals surface area contributed by atoms with Crippen molar-refractivity contribution in [1.29, 1.82) is 0 Å². The Labute approximate surface area is 159 Å². The predicted molar refractivity (Wildman–Crippen MR) is 106 cm³/mol. The Morgan fingerprint density at radius 1 is 1.23 bits per heavy atom. The molecule has 1 amide bonds. The number of halogens is 1. The summed E-state index contributed by atoms with van der Waals surface area (Å²) in [6, 6.07) is 13.4. The summed E-state index contributed by atoms with van der Waals surface area (Å²) in [5, 5.41) is 21.9. The lowest BCUT2D eigenvalue weighted by atomic mass is 10.2. The molecular formula is C19H19BrN4O2. The van der Waals surface area contributed by atoms with E-state index in [9.17, 15) is 9.90 Å². The number of carbonyl (C=O) groups is 1. The molecule has 26 heavy (non-hydrogen) atoms. The summed E-state index contributed by atoms with van der Waals surface area (Å²) in [5.74, 6) is -0.416.